The van der Waals surface area contributed by atoms with Gasteiger partial charge in [-0.05, 0) is 36.4 Å². The summed E-state index contributed by atoms with van der Waals surface area (Å²) in [6.45, 7) is 0. The Kier molecular flexibility index (Phi) is 5.24. The maximum atomic E-state index is 13.1. The maximum Gasteiger partial charge on any atom is 0.416 e. The molecule has 0 aromatic heterocycles. The summed E-state index contributed by atoms with van der Waals surface area (Å²) in [5.41, 5.74) is -1.67. The van der Waals surface area contributed by atoms with Crippen molar-refractivity contribution in [2.24, 2.45) is 0 Å². The van der Waals surface area contributed by atoms with Crippen molar-refractivity contribution in [1.82, 2.24) is 0 Å². The van der Waals surface area contributed by atoms with Gasteiger partial charge in [-0.25, -0.2) is 0 Å². The van der Waals surface area contributed by atoms with Gasteiger partial charge in [-0.15, -0.1) is 0 Å². The van der Waals surface area contributed by atoms with Gasteiger partial charge in [-0.3, -0.25) is 0 Å². The molecule has 0 nitrogen and oxygen atoms in total. The molecule has 3 aromatic rings. The second kappa shape index (κ2) is 7.31. The summed E-state index contributed by atoms with van der Waals surface area (Å²) >= 11 is 0. The lowest BCUT2D eigenvalue weighted by molar-refractivity contribution is -0.138. The highest BCUT2D eigenvalue weighted by Gasteiger charge is 2.37. The first-order chi connectivity index (χ1) is 12.7. The zero-order chi connectivity index (χ0) is 19.7. The number of benzene rings is 3. The molecular formula is C20H13F6S+. The van der Waals surface area contributed by atoms with E-state index in [0.717, 1.165) is 24.3 Å². The lowest BCUT2D eigenvalue weighted by atomic mass is 10.2. The van der Waals surface area contributed by atoms with Crippen LogP contribution in [-0.4, -0.2) is 0 Å². The van der Waals surface area contributed by atoms with Gasteiger partial charge in [0.2, 0.25) is 0 Å². The third-order valence-electron chi connectivity index (χ3n) is 3.77. The minimum atomic E-state index is -4.53. The van der Waals surface area contributed by atoms with E-state index >= 15 is 0 Å². The van der Waals surface area contributed by atoms with Gasteiger partial charge in [0.15, 0.2) is 14.7 Å². The summed E-state index contributed by atoms with van der Waals surface area (Å²) in [6, 6.07) is 18.0. The Morgan fingerprint density at radius 1 is 0.481 bits per heavy atom. The molecule has 140 valence electrons. The van der Waals surface area contributed by atoms with Crippen molar-refractivity contribution in [3.05, 3.63) is 90.0 Å². The Hall–Kier alpha value is -2.41. The van der Waals surface area contributed by atoms with Crippen molar-refractivity contribution >= 4 is 10.9 Å². The van der Waals surface area contributed by atoms with E-state index in [1.807, 2.05) is 0 Å². The minimum Gasteiger partial charge on any atom is -0.166 e. The number of hydrogen-bond acceptors (Lipinski definition) is 0. The molecule has 0 atom stereocenters. The predicted octanol–water partition coefficient (Wildman–Crippen LogP) is 6.82. The zero-order valence-electron chi connectivity index (χ0n) is 13.7. The SMILES string of the molecule is FC(F)(F)c1cccc([S+](c2ccccc2)c2cccc(C(F)(F)F)c2)c1. The van der Waals surface area contributed by atoms with Gasteiger partial charge in [-0.2, -0.15) is 26.3 Å². The second-order valence-corrected chi connectivity index (χ2v) is 7.70. The highest BCUT2D eigenvalue weighted by atomic mass is 32.2. The van der Waals surface area contributed by atoms with Gasteiger partial charge >= 0.3 is 12.4 Å². The van der Waals surface area contributed by atoms with E-state index in [2.05, 4.69) is 0 Å². The van der Waals surface area contributed by atoms with Crippen molar-refractivity contribution in [3.63, 3.8) is 0 Å². The molecule has 0 heterocycles. The summed E-state index contributed by atoms with van der Waals surface area (Å²) in [5.74, 6) is 0. The Labute approximate surface area is 154 Å². The average molecular weight is 399 g/mol. The quantitative estimate of drug-likeness (QED) is 0.335. The van der Waals surface area contributed by atoms with Gasteiger partial charge in [-0.1, -0.05) is 30.3 Å². The minimum absolute atomic E-state index is 0.301. The fourth-order valence-corrected chi connectivity index (χ4v) is 4.73. The molecule has 0 aliphatic rings. The van der Waals surface area contributed by atoms with E-state index in [1.165, 1.54) is 24.3 Å². The largest absolute Gasteiger partial charge is 0.416 e. The number of hydrogen-bond donors (Lipinski definition) is 0. The van der Waals surface area contributed by atoms with Crippen LogP contribution in [0.4, 0.5) is 26.3 Å². The summed E-state index contributed by atoms with van der Waals surface area (Å²) in [5, 5.41) is 0. The van der Waals surface area contributed by atoms with E-state index in [4.69, 9.17) is 0 Å². The number of alkyl halides is 6. The molecule has 0 aliphatic heterocycles. The molecule has 0 amide bonds. The van der Waals surface area contributed by atoms with Gasteiger partial charge in [0, 0.05) is 12.1 Å². The van der Waals surface area contributed by atoms with Gasteiger partial charge in [0.05, 0.1) is 22.0 Å². The first kappa shape index (κ1) is 19.4. The van der Waals surface area contributed by atoms with Crippen molar-refractivity contribution < 1.29 is 26.3 Å². The van der Waals surface area contributed by atoms with Crippen molar-refractivity contribution in [1.29, 1.82) is 0 Å². The first-order valence-corrected chi connectivity index (χ1v) is 9.02. The third kappa shape index (κ3) is 4.47. The van der Waals surface area contributed by atoms with Crippen LogP contribution in [-0.2, 0) is 23.2 Å². The second-order valence-electron chi connectivity index (χ2n) is 5.67. The van der Waals surface area contributed by atoms with E-state index in [0.29, 0.717) is 14.7 Å². The van der Waals surface area contributed by atoms with Crippen LogP contribution in [0.15, 0.2) is 93.5 Å². The van der Waals surface area contributed by atoms with E-state index in [-0.39, 0.29) is 0 Å². The standard InChI is InChI=1S/C20H13F6S/c21-19(22,23)14-6-4-10-17(12-14)27(16-8-2-1-3-9-16)18-11-5-7-15(13-18)20(24,25)26/h1-13H/q+1. The molecule has 0 fully saturated rings. The topological polar surface area (TPSA) is 0 Å². The Bertz CT molecular complexity index is 858. The van der Waals surface area contributed by atoms with Crippen LogP contribution in [0.5, 0.6) is 0 Å². The fraction of sp³-hybridized carbons (Fsp3) is 0.100. The predicted molar refractivity (Wildman–Crippen MR) is 91.5 cm³/mol. The monoisotopic (exact) mass is 399 g/mol. The van der Waals surface area contributed by atoms with Gasteiger partial charge < -0.3 is 0 Å². The average Bonchev–Trinajstić information content (AvgIpc) is 2.62. The molecule has 0 radical (unpaired) electrons. The Balaban J connectivity index is 2.17. The molecule has 0 unspecified atom stereocenters. The van der Waals surface area contributed by atoms with E-state index < -0.39 is 34.4 Å². The van der Waals surface area contributed by atoms with Crippen molar-refractivity contribution in [3.8, 4) is 0 Å². The fourth-order valence-electron chi connectivity index (χ4n) is 2.56. The molecule has 3 rings (SSSR count). The van der Waals surface area contributed by atoms with Crippen LogP contribution < -0.4 is 0 Å². The maximum absolute atomic E-state index is 13.1. The molecule has 0 aliphatic carbocycles. The Morgan fingerprint density at radius 2 is 0.889 bits per heavy atom. The molecule has 27 heavy (non-hydrogen) atoms. The summed E-state index contributed by atoms with van der Waals surface area (Å²) < 4.78 is 78.7. The molecule has 0 bridgehead atoms. The van der Waals surface area contributed by atoms with E-state index in [1.54, 1.807) is 30.3 Å². The third-order valence-corrected chi connectivity index (χ3v) is 5.97. The first-order valence-electron chi connectivity index (χ1n) is 7.80. The summed E-state index contributed by atoms with van der Waals surface area (Å²) in [7, 11) is -1.10. The highest BCUT2D eigenvalue weighted by molar-refractivity contribution is 7.97. The van der Waals surface area contributed by atoms with Crippen LogP contribution in [0, 0.1) is 0 Å². The smallest absolute Gasteiger partial charge is 0.166 e. The lowest BCUT2D eigenvalue weighted by Crippen LogP contribution is -2.11. The molecular weight excluding hydrogens is 386 g/mol. The van der Waals surface area contributed by atoms with Crippen LogP contribution in [0.1, 0.15) is 11.1 Å². The van der Waals surface area contributed by atoms with Crippen LogP contribution >= 0.6 is 0 Å². The Morgan fingerprint density at radius 3 is 1.30 bits per heavy atom. The van der Waals surface area contributed by atoms with Crippen LogP contribution in [0.2, 0.25) is 0 Å². The molecule has 3 aromatic carbocycles. The highest BCUT2D eigenvalue weighted by Crippen LogP contribution is 2.37. The lowest BCUT2D eigenvalue weighted by Gasteiger charge is -2.12. The van der Waals surface area contributed by atoms with Crippen LogP contribution in [0.3, 0.4) is 0 Å². The van der Waals surface area contributed by atoms with E-state index in [9.17, 15) is 26.3 Å². The summed E-state index contributed by atoms with van der Waals surface area (Å²) in [6.07, 6.45) is -9.06. The van der Waals surface area contributed by atoms with Crippen LogP contribution in [0.25, 0.3) is 0 Å². The normalized spacial score (nSPS) is 12.4. The molecule has 0 saturated carbocycles. The zero-order valence-corrected chi connectivity index (χ0v) is 14.5. The van der Waals surface area contributed by atoms with Crippen molar-refractivity contribution in [2.45, 2.75) is 27.0 Å². The molecule has 0 spiro atoms. The van der Waals surface area contributed by atoms with Crippen molar-refractivity contribution in [2.75, 3.05) is 0 Å². The van der Waals surface area contributed by atoms with Gasteiger partial charge in [0.1, 0.15) is 0 Å². The molecule has 0 saturated heterocycles. The summed E-state index contributed by atoms with van der Waals surface area (Å²) in [4.78, 5) is 1.24. The van der Waals surface area contributed by atoms with Gasteiger partial charge in [0.25, 0.3) is 0 Å². The molecule has 7 heteroatoms. The number of rotatable bonds is 3. The molecule has 0 N–H and O–H groups in total. The number of halogens is 6.